The van der Waals surface area contributed by atoms with E-state index >= 15 is 0 Å². The summed E-state index contributed by atoms with van der Waals surface area (Å²) in [5.74, 6) is 0. The van der Waals surface area contributed by atoms with E-state index in [4.69, 9.17) is 5.73 Å². The van der Waals surface area contributed by atoms with Crippen molar-refractivity contribution >= 4 is 0 Å². The average molecular weight is 148 g/mol. The zero-order valence-electron chi connectivity index (χ0n) is 6.38. The Labute approximate surface area is 66.8 Å². The first-order chi connectivity index (χ1) is 5.27. The molecule has 1 rings (SSSR count). The summed E-state index contributed by atoms with van der Waals surface area (Å²) in [6, 6.07) is 0.153. The Morgan fingerprint density at radius 2 is 2.27 bits per heavy atom. The summed E-state index contributed by atoms with van der Waals surface area (Å²) in [4.78, 5) is 0. The van der Waals surface area contributed by atoms with Gasteiger partial charge < -0.3 is 11.1 Å². The second kappa shape index (κ2) is 3.10. The maximum Gasteiger partial charge on any atom is 0.0691 e. The molecule has 0 aromatic rings. The third-order valence-corrected chi connectivity index (χ3v) is 1.59. The molecule has 0 aromatic carbocycles. The molecule has 2 heteroatoms. The summed E-state index contributed by atoms with van der Waals surface area (Å²) < 4.78 is 0. The molecule has 0 saturated carbocycles. The van der Waals surface area contributed by atoms with Crippen LogP contribution in [-0.4, -0.2) is 6.04 Å². The minimum absolute atomic E-state index is 0.153. The first-order valence-electron chi connectivity index (χ1n) is 3.46. The first-order valence-corrected chi connectivity index (χ1v) is 3.46. The van der Waals surface area contributed by atoms with Gasteiger partial charge in [0.15, 0.2) is 0 Å². The number of rotatable bonds is 2. The average Bonchev–Trinajstić information content (AvgIpc) is 2.04. The maximum absolute atomic E-state index is 5.56. The predicted molar refractivity (Wildman–Crippen MR) is 47.7 cm³/mol. The molecule has 0 spiro atoms. The maximum atomic E-state index is 5.56. The van der Waals surface area contributed by atoms with E-state index in [2.05, 4.69) is 18.5 Å². The smallest absolute Gasteiger partial charge is 0.0691 e. The highest BCUT2D eigenvalue weighted by Gasteiger charge is 2.08. The standard InChI is InChI=1S/C9H12N2/c1-3-7-5-8(10)6-11-9(7)4-2/h3-6,9,11H,1-2,10H2. The van der Waals surface area contributed by atoms with Crippen LogP contribution in [-0.2, 0) is 0 Å². The largest absolute Gasteiger partial charge is 0.398 e. The van der Waals surface area contributed by atoms with Crippen LogP contribution in [0.1, 0.15) is 0 Å². The second-order valence-corrected chi connectivity index (χ2v) is 2.37. The molecule has 3 N–H and O–H groups in total. The van der Waals surface area contributed by atoms with Gasteiger partial charge in [0.1, 0.15) is 0 Å². The number of allylic oxidation sites excluding steroid dienone is 1. The molecule has 0 fully saturated rings. The van der Waals surface area contributed by atoms with E-state index < -0.39 is 0 Å². The minimum atomic E-state index is 0.153. The van der Waals surface area contributed by atoms with Gasteiger partial charge in [-0.3, -0.25) is 0 Å². The normalized spacial score (nSPS) is 22.7. The summed E-state index contributed by atoms with van der Waals surface area (Å²) in [6.07, 6.45) is 7.24. The van der Waals surface area contributed by atoms with Gasteiger partial charge in [0, 0.05) is 11.9 Å². The van der Waals surface area contributed by atoms with Crippen molar-refractivity contribution in [2.75, 3.05) is 0 Å². The molecule has 0 radical (unpaired) electrons. The zero-order chi connectivity index (χ0) is 8.27. The summed E-state index contributed by atoms with van der Waals surface area (Å²) in [7, 11) is 0. The summed E-state index contributed by atoms with van der Waals surface area (Å²) >= 11 is 0. The lowest BCUT2D eigenvalue weighted by atomic mass is 10.0. The fourth-order valence-electron chi connectivity index (χ4n) is 0.996. The fraction of sp³-hybridized carbons (Fsp3) is 0.111. The van der Waals surface area contributed by atoms with E-state index in [9.17, 15) is 0 Å². The van der Waals surface area contributed by atoms with E-state index in [1.165, 1.54) is 0 Å². The van der Waals surface area contributed by atoms with Crippen molar-refractivity contribution in [3.05, 3.63) is 48.9 Å². The molecule has 11 heavy (non-hydrogen) atoms. The quantitative estimate of drug-likeness (QED) is 0.574. The van der Waals surface area contributed by atoms with Gasteiger partial charge in [0.05, 0.1) is 6.04 Å². The van der Waals surface area contributed by atoms with Gasteiger partial charge in [-0.1, -0.05) is 18.7 Å². The van der Waals surface area contributed by atoms with Crippen LogP contribution in [0.4, 0.5) is 0 Å². The molecule has 1 aliphatic heterocycles. The van der Waals surface area contributed by atoms with Gasteiger partial charge in [-0.2, -0.15) is 0 Å². The number of nitrogens with two attached hydrogens (primary N) is 1. The highest BCUT2D eigenvalue weighted by Crippen LogP contribution is 2.10. The first kappa shape index (κ1) is 7.66. The molecule has 1 atom stereocenters. The molecular weight excluding hydrogens is 136 g/mol. The fourth-order valence-corrected chi connectivity index (χ4v) is 0.996. The summed E-state index contributed by atoms with van der Waals surface area (Å²) in [5.41, 5.74) is 7.33. The number of nitrogens with one attached hydrogen (secondary N) is 1. The highest BCUT2D eigenvalue weighted by molar-refractivity contribution is 5.37. The van der Waals surface area contributed by atoms with Gasteiger partial charge >= 0.3 is 0 Å². The predicted octanol–water partition coefficient (Wildman–Crippen LogP) is 1.06. The lowest BCUT2D eigenvalue weighted by Crippen LogP contribution is -2.27. The molecule has 1 heterocycles. The van der Waals surface area contributed by atoms with E-state index in [1.54, 1.807) is 12.3 Å². The highest BCUT2D eigenvalue weighted by atomic mass is 14.9. The Kier molecular flexibility index (Phi) is 2.16. The van der Waals surface area contributed by atoms with Crippen LogP contribution in [0.5, 0.6) is 0 Å². The van der Waals surface area contributed by atoms with E-state index in [-0.39, 0.29) is 6.04 Å². The molecule has 0 aromatic heterocycles. The third kappa shape index (κ3) is 1.52. The van der Waals surface area contributed by atoms with Crippen molar-refractivity contribution in [1.82, 2.24) is 5.32 Å². The van der Waals surface area contributed by atoms with Crippen LogP contribution in [0, 0.1) is 0 Å². The lowest BCUT2D eigenvalue weighted by Gasteiger charge is -2.18. The zero-order valence-corrected chi connectivity index (χ0v) is 6.38. The summed E-state index contributed by atoms with van der Waals surface area (Å²) in [5, 5.41) is 3.07. The molecule has 0 bridgehead atoms. The molecule has 0 aliphatic carbocycles. The van der Waals surface area contributed by atoms with Crippen molar-refractivity contribution in [3.63, 3.8) is 0 Å². The Bertz CT molecular complexity index is 236. The van der Waals surface area contributed by atoms with Gasteiger partial charge in [-0.25, -0.2) is 0 Å². The topological polar surface area (TPSA) is 38.0 Å². The number of dihydropyridines is 1. The molecule has 1 unspecified atom stereocenters. The molecule has 2 nitrogen and oxygen atoms in total. The van der Waals surface area contributed by atoms with Gasteiger partial charge in [-0.05, 0) is 11.6 Å². The van der Waals surface area contributed by atoms with Crippen molar-refractivity contribution < 1.29 is 0 Å². The molecular formula is C9H12N2. The molecule has 58 valence electrons. The van der Waals surface area contributed by atoms with Crippen molar-refractivity contribution in [3.8, 4) is 0 Å². The van der Waals surface area contributed by atoms with Gasteiger partial charge in [-0.15, -0.1) is 6.58 Å². The van der Waals surface area contributed by atoms with E-state index in [0.717, 1.165) is 11.3 Å². The van der Waals surface area contributed by atoms with Gasteiger partial charge in [0.25, 0.3) is 0 Å². The van der Waals surface area contributed by atoms with Crippen LogP contribution in [0.25, 0.3) is 0 Å². The van der Waals surface area contributed by atoms with Crippen LogP contribution in [0.15, 0.2) is 48.9 Å². The van der Waals surface area contributed by atoms with Crippen molar-refractivity contribution in [2.24, 2.45) is 5.73 Å². The van der Waals surface area contributed by atoms with Crippen molar-refractivity contribution in [2.45, 2.75) is 6.04 Å². The van der Waals surface area contributed by atoms with Crippen molar-refractivity contribution in [1.29, 1.82) is 0 Å². The Hall–Kier alpha value is -1.44. The Morgan fingerprint density at radius 3 is 2.82 bits per heavy atom. The van der Waals surface area contributed by atoms with Crippen LogP contribution in [0.2, 0.25) is 0 Å². The van der Waals surface area contributed by atoms with Crippen LogP contribution in [0.3, 0.4) is 0 Å². The van der Waals surface area contributed by atoms with E-state index in [1.807, 2.05) is 12.2 Å². The molecule has 1 aliphatic rings. The third-order valence-electron chi connectivity index (χ3n) is 1.59. The number of hydrogen-bond acceptors (Lipinski definition) is 2. The Morgan fingerprint density at radius 1 is 1.55 bits per heavy atom. The Balaban J connectivity index is 2.87. The van der Waals surface area contributed by atoms with Crippen LogP contribution >= 0.6 is 0 Å². The monoisotopic (exact) mass is 148 g/mol. The SMILES string of the molecule is C=CC1=CC(N)=CNC1C=C. The van der Waals surface area contributed by atoms with E-state index in [0.29, 0.717) is 0 Å². The lowest BCUT2D eigenvalue weighted by molar-refractivity contribution is 0.789. The van der Waals surface area contributed by atoms with Crippen LogP contribution < -0.4 is 11.1 Å². The van der Waals surface area contributed by atoms with Gasteiger partial charge in [0.2, 0.25) is 0 Å². The second-order valence-electron chi connectivity index (χ2n) is 2.37. The summed E-state index contributed by atoms with van der Waals surface area (Å²) in [6.45, 7) is 7.36. The molecule has 0 amide bonds. The number of hydrogen-bond donors (Lipinski definition) is 2. The minimum Gasteiger partial charge on any atom is -0.398 e. The molecule has 0 saturated heterocycles.